The van der Waals surface area contributed by atoms with Gasteiger partial charge in [-0.2, -0.15) is 16.1 Å². The molecule has 1 amide bonds. The number of hydrogen-bond acceptors (Lipinski definition) is 6. The summed E-state index contributed by atoms with van der Waals surface area (Å²) in [5.41, 5.74) is 1.17. The van der Waals surface area contributed by atoms with Crippen LogP contribution >= 0.6 is 11.8 Å². The molecule has 7 nitrogen and oxygen atoms in total. The van der Waals surface area contributed by atoms with E-state index in [0.717, 1.165) is 17.9 Å². The molecule has 0 aromatic heterocycles. The molecule has 0 N–H and O–H groups in total. The minimum absolute atomic E-state index is 0.150. The van der Waals surface area contributed by atoms with Gasteiger partial charge in [0, 0.05) is 37.1 Å². The van der Waals surface area contributed by atoms with Gasteiger partial charge in [-0.15, -0.1) is 0 Å². The molecule has 1 aromatic carbocycles. The normalized spacial score (nSPS) is 20.6. The van der Waals surface area contributed by atoms with E-state index in [1.165, 1.54) is 24.0 Å². The molecule has 0 unspecified atom stereocenters. The van der Waals surface area contributed by atoms with Crippen molar-refractivity contribution < 1.29 is 22.8 Å². The summed E-state index contributed by atoms with van der Waals surface area (Å²) in [6.07, 6.45) is 2.74. The van der Waals surface area contributed by atoms with Crippen LogP contribution in [-0.2, 0) is 25.4 Å². The minimum atomic E-state index is -3.30. The second-order valence-corrected chi connectivity index (χ2v) is 9.84. The molecular formula is C18H28N2O5S2. The van der Waals surface area contributed by atoms with Gasteiger partial charge >= 0.3 is 0 Å². The van der Waals surface area contributed by atoms with Gasteiger partial charge in [0.25, 0.3) is 0 Å². The number of amides is 1. The first kappa shape index (κ1) is 22.0. The van der Waals surface area contributed by atoms with Gasteiger partial charge in [0.15, 0.2) is 0 Å². The summed E-state index contributed by atoms with van der Waals surface area (Å²) in [6.45, 7) is 0.485. The van der Waals surface area contributed by atoms with Crippen LogP contribution in [0.25, 0.3) is 0 Å². The number of hydrogen-bond donors (Lipinski definition) is 0. The zero-order chi connectivity index (χ0) is 20.0. The van der Waals surface area contributed by atoms with Crippen molar-refractivity contribution in [2.45, 2.75) is 36.3 Å². The zero-order valence-electron chi connectivity index (χ0n) is 16.3. The van der Waals surface area contributed by atoms with Gasteiger partial charge in [0.2, 0.25) is 15.9 Å². The molecule has 152 valence electrons. The second kappa shape index (κ2) is 9.77. The third-order valence-corrected chi connectivity index (χ3v) is 7.33. The fourth-order valence-electron chi connectivity index (χ4n) is 3.12. The lowest BCUT2D eigenvalue weighted by Crippen LogP contribution is -2.36. The highest BCUT2D eigenvalue weighted by Crippen LogP contribution is 2.33. The van der Waals surface area contributed by atoms with E-state index in [1.807, 2.05) is 24.3 Å². The van der Waals surface area contributed by atoms with Crippen molar-refractivity contribution in [1.82, 2.24) is 9.37 Å². The predicted octanol–water partition coefficient (Wildman–Crippen LogP) is 2.13. The lowest BCUT2D eigenvalue weighted by Gasteiger charge is -2.22. The molecule has 0 spiro atoms. The lowest BCUT2D eigenvalue weighted by atomic mass is 10.1. The summed E-state index contributed by atoms with van der Waals surface area (Å²) >= 11 is 1.75. The number of sulfonamides is 1. The van der Waals surface area contributed by atoms with Gasteiger partial charge in [-0.25, -0.2) is 13.5 Å². The third kappa shape index (κ3) is 6.38. The van der Waals surface area contributed by atoms with Crippen molar-refractivity contribution in [3.05, 3.63) is 29.8 Å². The maximum absolute atomic E-state index is 12.2. The van der Waals surface area contributed by atoms with E-state index in [1.54, 1.807) is 30.2 Å². The van der Waals surface area contributed by atoms with Crippen LogP contribution in [0.5, 0.6) is 5.75 Å². The summed E-state index contributed by atoms with van der Waals surface area (Å²) in [5.74, 6) is 1.48. The van der Waals surface area contributed by atoms with Crippen LogP contribution in [-0.4, -0.2) is 69.1 Å². The second-order valence-electron chi connectivity index (χ2n) is 6.62. The van der Waals surface area contributed by atoms with Crippen LogP contribution < -0.4 is 4.74 Å². The molecule has 1 aliphatic rings. The SMILES string of the molecule is COc1ccc(CS[C@@H]2C[C@@H](CCC(=O)N(C)OC)N(S(C)(=O)=O)C2)cc1. The number of carbonyl (C=O) groups excluding carboxylic acids is 1. The van der Waals surface area contributed by atoms with Crippen molar-refractivity contribution in [2.75, 3.05) is 34.1 Å². The Morgan fingerprint density at radius 2 is 1.96 bits per heavy atom. The highest BCUT2D eigenvalue weighted by atomic mass is 32.2. The highest BCUT2D eigenvalue weighted by Gasteiger charge is 2.37. The molecule has 1 saturated heterocycles. The summed E-state index contributed by atoms with van der Waals surface area (Å²) in [7, 11) is 1.32. The number of benzene rings is 1. The number of carbonyl (C=O) groups is 1. The van der Waals surface area contributed by atoms with Crippen molar-refractivity contribution in [1.29, 1.82) is 0 Å². The van der Waals surface area contributed by atoms with E-state index in [-0.39, 0.29) is 23.6 Å². The van der Waals surface area contributed by atoms with Crippen molar-refractivity contribution in [3.63, 3.8) is 0 Å². The Morgan fingerprint density at radius 3 is 2.52 bits per heavy atom. The predicted molar refractivity (Wildman–Crippen MR) is 107 cm³/mol. The average Bonchev–Trinajstić information content (AvgIpc) is 3.07. The average molecular weight is 417 g/mol. The monoisotopic (exact) mass is 416 g/mol. The largest absolute Gasteiger partial charge is 0.497 e. The van der Waals surface area contributed by atoms with Crippen molar-refractivity contribution >= 4 is 27.7 Å². The number of nitrogens with zero attached hydrogens (tertiary/aromatic N) is 2. The van der Waals surface area contributed by atoms with Gasteiger partial charge in [-0.3, -0.25) is 9.63 Å². The minimum Gasteiger partial charge on any atom is -0.497 e. The standard InChI is InChI=1S/C18H28N2O5S2/c1-19(25-3)18(21)10-7-15-11-17(12-20(15)27(4,22)23)26-13-14-5-8-16(24-2)9-6-14/h5-6,8-9,15,17H,7,10-13H2,1-4H3/t15-,17-/m1/s1. The Hall–Kier alpha value is -1.29. The lowest BCUT2D eigenvalue weighted by molar-refractivity contribution is -0.168. The van der Waals surface area contributed by atoms with Crippen LogP contribution in [0.4, 0.5) is 0 Å². The Bertz CT molecular complexity index is 724. The van der Waals surface area contributed by atoms with Crippen LogP contribution in [0.3, 0.4) is 0 Å². The number of methoxy groups -OCH3 is 1. The quantitative estimate of drug-likeness (QED) is 0.574. The number of ether oxygens (including phenoxy) is 1. The molecule has 0 saturated carbocycles. The number of hydroxylamine groups is 2. The Labute approximate surface area is 166 Å². The van der Waals surface area contributed by atoms with E-state index >= 15 is 0 Å². The van der Waals surface area contributed by atoms with E-state index in [2.05, 4.69) is 0 Å². The smallest absolute Gasteiger partial charge is 0.245 e. The molecule has 0 aliphatic carbocycles. The third-order valence-electron chi connectivity index (χ3n) is 4.71. The fraction of sp³-hybridized carbons (Fsp3) is 0.611. The molecule has 0 bridgehead atoms. The molecular weight excluding hydrogens is 388 g/mol. The van der Waals surface area contributed by atoms with Crippen molar-refractivity contribution in [2.24, 2.45) is 0 Å². The summed E-state index contributed by atoms with van der Waals surface area (Å²) < 4.78 is 31.0. The first-order valence-electron chi connectivity index (χ1n) is 8.76. The van der Waals surface area contributed by atoms with Gasteiger partial charge < -0.3 is 4.74 Å². The molecule has 1 heterocycles. The molecule has 1 aromatic rings. The maximum atomic E-state index is 12.2. The van der Waals surface area contributed by atoms with Crippen molar-refractivity contribution in [3.8, 4) is 5.75 Å². The van der Waals surface area contributed by atoms with Gasteiger partial charge in [0.1, 0.15) is 5.75 Å². The number of thioether (sulfide) groups is 1. The molecule has 2 rings (SSSR count). The van der Waals surface area contributed by atoms with E-state index in [9.17, 15) is 13.2 Å². The molecule has 2 atom stereocenters. The summed E-state index contributed by atoms with van der Waals surface area (Å²) in [5, 5.41) is 1.39. The van der Waals surface area contributed by atoms with E-state index < -0.39 is 10.0 Å². The van der Waals surface area contributed by atoms with Crippen LogP contribution in [0.1, 0.15) is 24.8 Å². The van der Waals surface area contributed by atoms with Crippen LogP contribution in [0.2, 0.25) is 0 Å². The molecule has 1 aliphatic heterocycles. The van der Waals surface area contributed by atoms with Gasteiger partial charge in [-0.1, -0.05) is 12.1 Å². The number of rotatable bonds is 9. The van der Waals surface area contributed by atoms with Gasteiger partial charge in [-0.05, 0) is 30.5 Å². The Kier molecular flexibility index (Phi) is 7.96. The topological polar surface area (TPSA) is 76.2 Å². The molecule has 1 fully saturated rings. The first-order valence-corrected chi connectivity index (χ1v) is 11.7. The summed E-state index contributed by atoms with van der Waals surface area (Å²) in [6, 6.07) is 7.74. The molecule has 27 heavy (non-hydrogen) atoms. The van der Waals surface area contributed by atoms with Gasteiger partial charge in [0.05, 0.1) is 20.5 Å². The molecule has 9 heteroatoms. The zero-order valence-corrected chi connectivity index (χ0v) is 17.9. The van der Waals surface area contributed by atoms with Crippen LogP contribution in [0.15, 0.2) is 24.3 Å². The first-order chi connectivity index (χ1) is 12.7. The van der Waals surface area contributed by atoms with E-state index in [0.29, 0.717) is 13.0 Å². The molecule has 0 radical (unpaired) electrons. The van der Waals surface area contributed by atoms with Crippen LogP contribution in [0, 0.1) is 0 Å². The fourth-order valence-corrected chi connectivity index (χ4v) is 5.64. The highest BCUT2D eigenvalue weighted by molar-refractivity contribution is 7.99. The Balaban J connectivity index is 1.94. The van der Waals surface area contributed by atoms with E-state index in [4.69, 9.17) is 9.57 Å². The maximum Gasteiger partial charge on any atom is 0.245 e. The Morgan fingerprint density at radius 1 is 1.30 bits per heavy atom. The summed E-state index contributed by atoms with van der Waals surface area (Å²) in [4.78, 5) is 16.8.